The van der Waals surface area contributed by atoms with Crippen LogP contribution in [0.5, 0.6) is 11.5 Å². The molecule has 4 aromatic carbocycles. The average Bonchev–Trinajstić information content (AvgIpc) is 2.74. The first-order chi connectivity index (χ1) is 14.4. The van der Waals surface area contributed by atoms with Crippen LogP contribution < -0.4 is 0 Å². The number of carbonyl (C=O) groups is 1. The molecule has 0 atom stereocenters. The summed E-state index contributed by atoms with van der Waals surface area (Å²) in [6.45, 7) is 3.98. The van der Waals surface area contributed by atoms with Crippen LogP contribution in [0.1, 0.15) is 27.0 Å². The van der Waals surface area contributed by atoms with E-state index in [2.05, 4.69) is 0 Å². The third kappa shape index (κ3) is 3.83. The van der Waals surface area contributed by atoms with Crippen LogP contribution in [0.2, 0.25) is 0 Å². The first-order valence-corrected chi connectivity index (χ1v) is 9.77. The van der Waals surface area contributed by atoms with Gasteiger partial charge >= 0.3 is 0 Å². The van der Waals surface area contributed by atoms with Crippen LogP contribution in [0.4, 0.5) is 0 Å². The van der Waals surface area contributed by atoms with Gasteiger partial charge in [-0.15, -0.1) is 0 Å². The van der Waals surface area contributed by atoms with Crippen molar-refractivity contribution in [2.75, 3.05) is 0 Å². The van der Waals surface area contributed by atoms with Gasteiger partial charge in [0.25, 0.3) is 0 Å². The number of phenolic OH excluding ortho intramolecular Hbond substituents is 2. The molecule has 0 aliphatic rings. The van der Waals surface area contributed by atoms with Crippen LogP contribution in [-0.2, 0) is 0 Å². The summed E-state index contributed by atoms with van der Waals surface area (Å²) in [4.78, 5) is 13.7. The van der Waals surface area contributed by atoms with Crippen LogP contribution in [0.25, 0.3) is 22.3 Å². The van der Waals surface area contributed by atoms with Crippen LogP contribution >= 0.6 is 0 Å². The highest BCUT2D eigenvalue weighted by molar-refractivity contribution is 6.16. The minimum atomic E-state index is -0.0684. The minimum Gasteiger partial charge on any atom is -0.508 e. The Morgan fingerprint density at radius 2 is 0.933 bits per heavy atom. The molecule has 3 heteroatoms. The largest absolute Gasteiger partial charge is 0.508 e. The minimum absolute atomic E-state index is 0.0684. The van der Waals surface area contributed by atoms with E-state index in [-0.39, 0.29) is 17.3 Å². The fourth-order valence-corrected chi connectivity index (χ4v) is 3.62. The molecule has 3 nitrogen and oxygen atoms in total. The smallest absolute Gasteiger partial charge is 0.194 e. The Kier molecular flexibility index (Phi) is 5.11. The molecule has 0 aromatic heterocycles. The van der Waals surface area contributed by atoms with Gasteiger partial charge in [0.15, 0.2) is 5.78 Å². The number of hydrogen-bond acceptors (Lipinski definition) is 3. The van der Waals surface area contributed by atoms with Gasteiger partial charge in [0, 0.05) is 11.1 Å². The Labute approximate surface area is 175 Å². The molecule has 0 amide bonds. The zero-order valence-electron chi connectivity index (χ0n) is 16.9. The number of benzene rings is 4. The van der Waals surface area contributed by atoms with Gasteiger partial charge < -0.3 is 10.2 Å². The Morgan fingerprint density at radius 3 is 1.30 bits per heavy atom. The highest BCUT2D eigenvalue weighted by Crippen LogP contribution is 2.32. The van der Waals surface area contributed by atoms with Crippen LogP contribution in [0.15, 0.2) is 84.9 Å². The quantitative estimate of drug-likeness (QED) is 0.401. The molecule has 148 valence electrons. The summed E-state index contributed by atoms with van der Waals surface area (Å²) in [6.07, 6.45) is 0. The molecule has 0 unspecified atom stereocenters. The third-order valence-corrected chi connectivity index (χ3v) is 5.20. The number of aromatic hydroxyl groups is 2. The number of phenols is 2. The van der Waals surface area contributed by atoms with Crippen molar-refractivity contribution in [1.82, 2.24) is 0 Å². The number of ketones is 1. The summed E-state index contributed by atoms with van der Waals surface area (Å²) in [5.74, 6) is 0.306. The molecular formula is C27H22O3. The van der Waals surface area contributed by atoms with Gasteiger partial charge in [-0.05, 0) is 60.4 Å². The average molecular weight is 394 g/mol. The molecule has 0 bridgehead atoms. The van der Waals surface area contributed by atoms with Crippen molar-refractivity contribution < 1.29 is 15.0 Å². The van der Waals surface area contributed by atoms with Gasteiger partial charge in [0.1, 0.15) is 11.5 Å². The third-order valence-electron chi connectivity index (χ3n) is 5.20. The van der Waals surface area contributed by atoms with Gasteiger partial charge in [-0.3, -0.25) is 4.79 Å². The summed E-state index contributed by atoms with van der Waals surface area (Å²) in [5, 5.41) is 19.3. The molecule has 4 rings (SSSR count). The van der Waals surface area contributed by atoms with Crippen molar-refractivity contribution in [2.45, 2.75) is 13.8 Å². The summed E-state index contributed by atoms with van der Waals surface area (Å²) in [6, 6.07) is 25.3. The maximum absolute atomic E-state index is 13.7. The lowest BCUT2D eigenvalue weighted by atomic mass is 9.88. The van der Waals surface area contributed by atoms with Gasteiger partial charge in [-0.25, -0.2) is 0 Å². The van der Waals surface area contributed by atoms with Gasteiger partial charge in [-0.1, -0.05) is 71.8 Å². The van der Waals surface area contributed by atoms with Crippen molar-refractivity contribution in [3.63, 3.8) is 0 Å². The number of hydrogen-bond donors (Lipinski definition) is 2. The van der Waals surface area contributed by atoms with E-state index in [0.29, 0.717) is 11.1 Å². The van der Waals surface area contributed by atoms with E-state index in [4.69, 9.17) is 0 Å². The molecule has 0 saturated carbocycles. The van der Waals surface area contributed by atoms with Gasteiger partial charge in [0.2, 0.25) is 0 Å². The predicted molar refractivity (Wildman–Crippen MR) is 120 cm³/mol. The van der Waals surface area contributed by atoms with E-state index in [0.717, 1.165) is 33.4 Å². The van der Waals surface area contributed by atoms with Crippen LogP contribution in [0, 0.1) is 13.8 Å². The summed E-state index contributed by atoms with van der Waals surface area (Å²) in [5.41, 5.74) is 6.73. The van der Waals surface area contributed by atoms with Crippen molar-refractivity contribution in [2.24, 2.45) is 0 Å². The molecule has 0 radical (unpaired) electrons. The maximum atomic E-state index is 13.7. The molecule has 0 fully saturated rings. The van der Waals surface area contributed by atoms with E-state index >= 15 is 0 Å². The van der Waals surface area contributed by atoms with Crippen molar-refractivity contribution >= 4 is 5.78 Å². The second-order valence-corrected chi connectivity index (χ2v) is 7.52. The van der Waals surface area contributed by atoms with Gasteiger partial charge in [0.05, 0.1) is 0 Å². The second-order valence-electron chi connectivity index (χ2n) is 7.52. The molecule has 30 heavy (non-hydrogen) atoms. The molecule has 0 heterocycles. The number of rotatable bonds is 4. The Bertz CT molecular complexity index is 1120. The van der Waals surface area contributed by atoms with Crippen molar-refractivity contribution in [3.05, 3.63) is 107 Å². The van der Waals surface area contributed by atoms with Crippen molar-refractivity contribution in [1.29, 1.82) is 0 Å². The van der Waals surface area contributed by atoms with E-state index in [1.165, 1.54) is 0 Å². The molecule has 2 N–H and O–H groups in total. The normalized spacial score (nSPS) is 10.7. The second kappa shape index (κ2) is 7.88. The van der Waals surface area contributed by atoms with E-state index < -0.39 is 0 Å². The Hall–Kier alpha value is -3.85. The Balaban J connectivity index is 1.87. The fourth-order valence-electron chi connectivity index (χ4n) is 3.62. The summed E-state index contributed by atoms with van der Waals surface area (Å²) in [7, 11) is 0. The number of aryl methyl sites for hydroxylation is 2. The summed E-state index contributed by atoms with van der Waals surface area (Å²) >= 11 is 0. The summed E-state index contributed by atoms with van der Waals surface area (Å²) < 4.78 is 0. The van der Waals surface area contributed by atoms with E-state index in [1.807, 2.05) is 74.5 Å². The highest BCUT2D eigenvalue weighted by Gasteiger charge is 2.19. The zero-order chi connectivity index (χ0) is 21.3. The lowest BCUT2D eigenvalue weighted by Gasteiger charge is -2.14. The lowest BCUT2D eigenvalue weighted by molar-refractivity contribution is 0.104. The number of carbonyl (C=O) groups excluding carboxylic acids is 1. The first-order valence-electron chi connectivity index (χ1n) is 9.77. The highest BCUT2D eigenvalue weighted by atomic mass is 16.3. The SMILES string of the molecule is Cc1ccc(C(=O)c2ccc(C)cc2-c2ccc(O)cc2)c(-c2ccc(O)cc2)c1. The predicted octanol–water partition coefficient (Wildman–Crippen LogP) is 6.28. The monoisotopic (exact) mass is 394 g/mol. The van der Waals surface area contributed by atoms with E-state index in [9.17, 15) is 15.0 Å². The van der Waals surface area contributed by atoms with Gasteiger partial charge in [-0.2, -0.15) is 0 Å². The maximum Gasteiger partial charge on any atom is 0.194 e. The van der Waals surface area contributed by atoms with Crippen LogP contribution in [-0.4, -0.2) is 16.0 Å². The first kappa shape index (κ1) is 19.5. The van der Waals surface area contributed by atoms with Crippen molar-refractivity contribution in [3.8, 4) is 33.8 Å². The molecule has 0 saturated heterocycles. The fraction of sp³-hybridized carbons (Fsp3) is 0.0741. The topological polar surface area (TPSA) is 57.5 Å². The molecule has 0 aliphatic carbocycles. The molecule has 4 aromatic rings. The molecule has 0 aliphatic heterocycles. The zero-order valence-corrected chi connectivity index (χ0v) is 16.9. The lowest BCUT2D eigenvalue weighted by Crippen LogP contribution is -2.06. The Morgan fingerprint density at radius 1 is 0.567 bits per heavy atom. The molecular weight excluding hydrogens is 372 g/mol. The van der Waals surface area contributed by atoms with Crippen LogP contribution in [0.3, 0.4) is 0 Å². The standard InChI is InChI=1S/C27H22O3/c1-17-3-13-23(25(15-17)19-5-9-21(28)10-6-19)27(30)24-14-4-18(2)16-26(24)20-7-11-22(29)12-8-20/h3-16,28-29H,1-2H3. The van der Waals surface area contributed by atoms with E-state index in [1.54, 1.807) is 24.3 Å². The molecule has 0 spiro atoms.